The van der Waals surface area contributed by atoms with E-state index in [2.05, 4.69) is 5.32 Å². The Kier molecular flexibility index (Phi) is 8.54. The third kappa shape index (κ3) is 6.74. The minimum absolute atomic E-state index is 0.0726. The molecule has 0 bridgehead atoms. The largest absolute Gasteiger partial charge is 0.494 e. The predicted octanol–water partition coefficient (Wildman–Crippen LogP) is 4.17. The number of carbonyl (C=O) groups excluding carboxylic acids is 1. The van der Waals surface area contributed by atoms with Crippen LogP contribution in [0.5, 0.6) is 11.5 Å². The van der Waals surface area contributed by atoms with E-state index < -0.39 is 15.9 Å². The van der Waals surface area contributed by atoms with Crippen molar-refractivity contribution in [2.45, 2.75) is 31.7 Å². The molecule has 0 spiro atoms. The predicted molar refractivity (Wildman–Crippen MR) is 133 cm³/mol. The molecule has 3 aromatic carbocycles. The normalized spacial score (nSPS) is 12.0. The fourth-order valence-electron chi connectivity index (χ4n) is 3.26. The zero-order chi connectivity index (χ0) is 24.6. The van der Waals surface area contributed by atoms with Crippen molar-refractivity contribution in [3.8, 4) is 11.5 Å². The Bertz CT molecular complexity index is 1160. The minimum atomic E-state index is -3.99. The summed E-state index contributed by atoms with van der Waals surface area (Å²) in [5.41, 5.74) is 1.53. The van der Waals surface area contributed by atoms with Gasteiger partial charge in [-0.15, -0.1) is 0 Å². The first-order chi connectivity index (χ1) is 16.3. The van der Waals surface area contributed by atoms with Gasteiger partial charge in [0.05, 0.1) is 23.2 Å². The summed E-state index contributed by atoms with van der Waals surface area (Å²) in [6.45, 7) is 6.02. The quantitative estimate of drug-likeness (QED) is 0.443. The van der Waals surface area contributed by atoms with Crippen LogP contribution < -0.4 is 19.1 Å². The van der Waals surface area contributed by atoms with Gasteiger partial charge < -0.3 is 14.8 Å². The molecule has 1 N–H and O–H groups in total. The number of hydrogen-bond donors (Lipinski definition) is 1. The summed E-state index contributed by atoms with van der Waals surface area (Å²) < 4.78 is 39.1. The number of hydrogen-bond acceptors (Lipinski definition) is 5. The lowest BCUT2D eigenvalue weighted by Crippen LogP contribution is -2.45. The summed E-state index contributed by atoms with van der Waals surface area (Å²) in [4.78, 5) is 12.9. The zero-order valence-electron chi connectivity index (χ0n) is 19.6. The summed E-state index contributed by atoms with van der Waals surface area (Å²) >= 11 is 0. The number of aryl methyl sites for hydroxylation is 1. The van der Waals surface area contributed by atoms with E-state index in [9.17, 15) is 13.2 Å². The first-order valence-corrected chi connectivity index (χ1v) is 12.5. The molecule has 0 radical (unpaired) electrons. The summed E-state index contributed by atoms with van der Waals surface area (Å²) in [6, 6.07) is 22.0. The number of para-hydroxylation sites is 1. The molecule has 0 saturated heterocycles. The average Bonchev–Trinajstić information content (AvgIpc) is 2.83. The molecule has 0 aliphatic carbocycles. The first-order valence-electron chi connectivity index (χ1n) is 11.1. The van der Waals surface area contributed by atoms with Crippen molar-refractivity contribution < 1.29 is 22.7 Å². The molecule has 34 heavy (non-hydrogen) atoms. The Balaban J connectivity index is 1.71. The molecule has 1 atom stereocenters. The van der Waals surface area contributed by atoms with Crippen LogP contribution in [0.4, 0.5) is 5.69 Å². The molecule has 0 saturated carbocycles. The Morgan fingerprint density at radius 3 is 2.12 bits per heavy atom. The fraction of sp³-hybridized carbons (Fsp3) is 0.269. The second-order valence-corrected chi connectivity index (χ2v) is 9.71. The van der Waals surface area contributed by atoms with E-state index in [0.717, 1.165) is 9.87 Å². The smallest absolute Gasteiger partial charge is 0.264 e. The van der Waals surface area contributed by atoms with Gasteiger partial charge >= 0.3 is 0 Å². The van der Waals surface area contributed by atoms with Crippen molar-refractivity contribution in [2.75, 3.05) is 24.1 Å². The number of nitrogens with zero attached hydrogens (tertiary/aromatic N) is 1. The van der Waals surface area contributed by atoms with E-state index >= 15 is 0 Å². The number of anilines is 1. The highest BCUT2D eigenvalue weighted by Gasteiger charge is 2.27. The lowest BCUT2D eigenvalue weighted by molar-refractivity contribution is -0.120. The Hall–Kier alpha value is -3.52. The van der Waals surface area contributed by atoms with Gasteiger partial charge in [-0.1, -0.05) is 35.9 Å². The number of nitrogens with one attached hydrogen (secondary N) is 1. The number of benzene rings is 3. The Morgan fingerprint density at radius 1 is 0.912 bits per heavy atom. The summed E-state index contributed by atoms with van der Waals surface area (Å²) in [6.07, 6.45) is 0. The van der Waals surface area contributed by atoms with Crippen LogP contribution in [0.3, 0.4) is 0 Å². The SMILES string of the molecule is CCOc1ccc(S(=O)(=O)N(CC(=O)NC(C)COc2ccc(C)cc2)c2ccccc2)cc1. The molecular weight excluding hydrogens is 452 g/mol. The van der Waals surface area contributed by atoms with Crippen LogP contribution in [0, 0.1) is 6.92 Å². The lowest BCUT2D eigenvalue weighted by Gasteiger charge is -2.25. The molecule has 3 rings (SSSR count). The van der Waals surface area contributed by atoms with E-state index in [1.54, 1.807) is 49.4 Å². The average molecular weight is 483 g/mol. The monoisotopic (exact) mass is 482 g/mol. The highest BCUT2D eigenvalue weighted by molar-refractivity contribution is 7.92. The number of amides is 1. The van der Waals surface area contributed by atoms with Gasteiger partial charge in [-0.3, -0.25) is 9.10 Å². The molecule has 0 aromatic heterocycles. The van der Waals surface area contributed by atoms with Crippen molar-refractivity contribution in [1.29, 1.82) is 0 Å². The van der Waals surface area contributed by atoms with Crippen LogP contribution in [0.25, 0.3) is 0 Å². The zero-order valence-corrected chi connectivity index (χ0v) is 20.4. The van der Waals surface area contributed by atoms with Gasteiger partial charge in [0, 0.05) is 0 Å². The molecule has 0 aliphatic heterocycles. The Morgan fingerprint density at radius 2 is 1.50 bits per heavy atom. The number of rotatable bonds is 11. The van der Waals surface area contributed by atoms with E-state index in [4.69, 9.17) is 9.47 Å². The van der Waals surface area contributed by atoms with Gasteiger partial charge in [-0.2, -0.15) is 0 Å². The van der Waals surface area contributed by atoms with Crippen LogP contribution in [0.1, 0.15) is 19.4 Å². The molecule has 180 valence electrons. The molecule has 1 unspecified atom stereocenters. The van der Waals surface area contributed by atoms with Gasteiger partial charge in [0.25, 0.3) is 10.0 Å². The second kappa shape index (κ2) is 11.6. The molecule has 8 heteroatoms. The van der Waals surface area contributed by atoms with Crippen molar-refractivity contribution in [3.63, 3.8) is 0 Å². The van der Waals surface area contributed by atoms with Crippen molar-refractivity contribution in [3.05, 3.63) is 84.4 Å². The van der Waals surface area contributed by atoms with Crippen molar-refractivity contribution >= 4 is 21.6 Å². The summed E-state index contributed by atoms with van der Waals surface area (Å²) in [5, 5.41) is 2.82. The maximum Gasteiger partial charge on any atom is 0.264 e. The standard InChI is InChI=1S/C26H30N2O5S/c1-4-32-23-14-16-25(17-15-23)34(30,31)28(22-8-6-5-7-9-22)18-26(29)27-21(3)19-33-24-12-10-20(2)11-13-24/h5-17,21H,4,18-19H2,1-3H3,(H,27,29). The molecule has 1 amide bonds. The number of ether oxygens (including phenoxy) is 2. The topological polar surface area (TPSA) is 84.9 Å². The van der Waals surface area contributed by atoms with Crippen LogP contribution >= 0.6 is 0 Å². The maximum atomic E-state index is 13.4. The molecular formula is C26H30N2O5S. The highest BCUT2D eigenvalue weighted by atomic mass is 32.2. The van der Waals surface area contributed by atoms with Gasteiger partial charge in [0.1, 0.15) is 24.7 Å². The summed E-state index contributed by atoms with van der Waals surface area (Å²) in [5.74, 6) is 0.849. The Labute approximate surface area is 201 Å². The van der Waals surface area contributed by atoms with Crippen molar-refractivity contribution in [1.82, 2.24) is 5.32 Å². The molecule has 3 aromatic rings. The lowest BCUT2D eigenvalue weighted by atomic mass is 10.2. The summed E-state index contributed by atoms with van der Waals surface area (Å²) in [7, 11) is -3.99. The van der Waals surface area contributed by atoms with Crippen LogP contribution in [0.2, 0.25) is 0 Å². The third-order valence-electron chi connectivity index (χ3n) is 4.98. The maximum absolute atomic E-state index is 13.4. The van der Waals surface area contributed by atoms with E-state index in [0.29, 0.717) is 23.8 Å². The van der Waals surface area contributed by atoms with Gasteiger partial charge in [-0.05, 0) is 69.3 Å². The van der Waals surface area contributed by atoms with Gasteiger partial charge in [0.15, 0.2) is 0 Å². The van der Waals surface area contributed by atoms with E-state index in [-0.39, 0.29) is 24.1 Å². The first kappa shape index (κ1) is 25.1. The number of sulfonamides is 1. The van der Waals surface area contributed by atoms with Gasteiger partial charge in [0.2, 0.25) is 5.91 Å². The van der Waals surface area contributed by atoms with Gasteiger partial charge in [-0.25, -0.2) is 8.42 Å². The molecule has 7 nitrogen and oxygen atoms in total. The second-order valence-electron chi connectivity index (χ2n) is 7.84. The van der Waals surface area contributed by atoms with E-state index in [1.807, 2.05) is 38.1 Å². The fourth-order valence-corrected chi connectivity index (χ4v) is 4.68. The molecule has 0 fully saturated rings. The van der Waals surface area contributed by atoms with Crippen LogP contribution in [0.15, 0.2) is 83.8 Å². The molecule has 0 aliphatic rings. The highest BCUT2D eigenvalue weighted by Crippen LogP contribution is 2.25. The van der Waals surface area contributed by atoms with E-state index in [1.165, 1.54) is 12.1 Å². The number of carbonyl (C=O) groups is 1. The van der Waals surface area contributed by atoms with Crippen molar-refractivity contribution in [2.24, 2.45) is 0 Å². The molecule has 0 heterocycles. The van der Waals surface area contributed by atoms with Crippen LogP contribution in [-0.4, -0.2) is 40.1 Å². The third-order valence-corrected chi connectivity index (χ3v) is 6.77. The minimum Gasteiger partial charge on any atom is -0.494 e. The van der Waals surface area contributed by atoms with Crippen LogP contribution in [-0.2, 0) is 14.8 Å².